The fourth-order valence-electron chi connectivity index (χ4n) is 3.22. The highest BCUT2D eigenvalue weighted by atomic mass is 16.3. The predicted molar refractivity (Wildman–Crippen MR) is 66.8 cm³/mol. The van der Waals surface area contributed by atoms with Gasteiger partial charge in [0.2, 0.25) is 0 Å². The molecule has 1 atom stereocenters. The Morgan fingerprint density at radius 3 is 2.65 bits per heavy atom. The number of hydrogen-bond donors (Lipinski definition) is 1. The molecule has 1 aliphatic heterocycles. The van der Waals surface area contributed by atoms with Crippen molar-refractivity contribution in [3.05, 3.63) is 0 Å². The zero-order valence-electron chi connectivity index (χ0n) is 10.8. The maximum Gasteiger partial charge on any atom is 0.320 e. The molecule has 0 bridgehead atoms. The average Bonchev–Trinajstić information content (AvgIpc) is 2.65. The third kappa shape index (κ3) is 2.73. The lowest BCUT2D eigenvalue weighted by molar-refractivity contribution is 0.179. The van der Waals surface area contributed by atoms with Gasteiger partial charge in [0.15, 0.2) is 0 Å². The van der Waals surface area contributed by atoms with Gasteiger partial charge in [-0.1, -0.05) is 19.3 Å². The van der Waals surface area contributed by atoms with Crippen molar-refractivity contribution in [1.82, 2.24) is 9.80 Å². The van der Waals surface area contributed by atoms with Gasteiger partial charge in [-0.3, -0.25) is 0 Å². The molecule has 1 N–H and O–H groups in total. The minimum Gasteiger partial charge on any atom is -0.396 e. The fraction of sp³-hybridized carbons (Fsp3) is 0.923. The number of amides is 2. The minimum atomic E-state index is 0.147. The van der Waals surface area contributed by atoms with Crippen LogP contribution in [-0.2, 0) is 0 Å². The second-order valence-corrected chi connectivity index (χ2v) is 5.38. The summed E-state index contributed by atoms with van der Waals surface area (Å²) in [7, 11) is 1.93. The van der Waals surface area contributed by atoms with Crippen LogP contribution in [0.5, 0.6) is 0 Å². The topological polar surface area (TPSA) is 43.8 Å². The van der Waals surface area contributed by atoms with Crippen molar-refractivity contribution in [3.63, 3.8) is 0 Å². The van der Waals surface area contributed by atoms with Crippen molar-refractivity contribution in [2.24, 2.45) is 5.92 Å². The van der Waals surface area contributed by atoms with Crippen molar-refractivity contribution in [2.75, 3.05) is 26.7 Å². The molecular weight excluding hydrogens is 216 g/mol. The Hall–Kier alpha value is -0.770. The van der Waals surface area contributed by atoms with Crippen LogP contribution in [0.1, 0.15) is 38.5 Å². The molecule has 2 rings (SSSR count). The van der Waals surface area contributed by atoms with Crippen molar-refractivity contribution in [2.45, 2.75) is 44.6 Å². The molecular formula is C13H24N2O2. The first kappa shape index (κ1) is 12.7. The number of aliphatic hydroxyl groups is 1. The molecule has 98 valence electrons. The standard InChI is InChI=1S/C13H24N2O2/c1-14-12(11-6-3-2-4-7-11)10-15(13(14)17)8-5-9-16/h11-12,16H,2-10H2,1H3. The first-order chi connectivity index (χ1) is 8.24. The molecule has 4 nitrogen and oxygen atoms in total. The molecule has 0 aromatic rings. The molecule has 1 aliphatic carbocycles. The number of hydrogen-bond acceptors (Lipinski definition) is 2. The van der Waals surface area contributed by atoms with E-state index in [1.165, 1.54) is 32.1 Å². The molecule has 0 spiro atoms. The maximum absolute atomic E-state index is 12.0. The largest absolute Gasteiger partial charge is 0.396 e. The molecule has 4 heteroatoms. The molecule has 2 amide bonds. The van der Waals surface area contributed by atoms with Gasteiger partial charge in [-0.25, -0.2) is 4.79 Å². The second kappa shape index (κ2) is 5.71. The van der Waals surface area contributed by atoms with Gasteiger partial charge in [-0.15, -0.1) is 0 Å². The molecule has 0 aromatic heterocycles. The molecule has 2 fully saturated rings. The van der Waals surface area contributed by atoms with Gasteiger partial charge in [0, 0.05) is 26.7 Å². The van der Waals surface area contributed by atoms with Crippen LogP contribution in [0, 0.1) is 5.92 Å². The minimum absolute atomic E-state index is 0.147. The molecule has 1 unspecified atom stereocenters. The third-order valence-corrected chi connectivity index (χ3v) is 4.26. The van der Waals surface area contributed by atoms with Crippen LogP contribution in [0.3, 0.4) is 0 Å². The predicted octanol–water partition coefficient (Wildman–Crippen LogP) is 1.69. The summed E-state index contributed by atoms with van der Waals surface area (Å²) in [6, 6.07) is 0.551. The Morgan fingerprint density at radius 1 is 1.29 bits per heavy atom. The zero-order valence-corrected chi connectivity index (χ0v) is 10.8. The van der Waals surface area contributed by atoms with E-state index in [1.54, 1.807) is 0 Å². The lowest BCUT2D eigenvalue weighted by atomic mass is 9.84. The average molecular weight is 240 g/mol. The first-order valence-corrected chi connectivity index (χ1v) is 6.86. The van der Waals surface area contributed by atoms with E-state index in [-0.39, 0.29) is 12.6 Å². The molecule has 0 radical (unpaired) electrons. The van der Waals surface area contributed by atoms with Gasteiger partial charge in [-0.05, 0) is 25.2 Å². The number of nitrogens with zero attached hydrogens (tertiary/aromatic N) is 2. The lowest BCUT2D eigenvalue weighted by Crippen LogP contribution is -2.37. The van der Waals surface area contributed by atoms with Gasteiger partial charge < -0.3 is 14.9 Å². The fourth-order valence-corrected chi connectivity index (χ4v) is 3.22. The Balaban J connectivity index is 1.92. The Labute approximate surface area is 104 Å². The Kier molecular flexibility index (Phi) is 4.26. The van der Waals surface area contributed by atoms with Gasteiger partial charge in [0.1, 0.15) is 0 Å². The number of carbonyl (C=O) groups is 1. The molecule has 1 heterocycles. The summed E-state index contributed by atoms with van der Waals surface area (Å²) in [6.45, 7) is 1.73. The quantitative estimate of drug-likeness (QED) is 0.812. The lowest BCUT2D eigenvalue weighted by Gasteiger charge is -2.30. The molecule has 1 saturated heterocycles. The SMILES string of the molecule is CN1C(=O)N(CCCO)CC1C1CCCCC1. The first-order valence-electron chi connectivity index (χ1n) is 6.86. The van der Waals surface area contributed by atoms with Crippen LogP contribution >= 0.6 is 0 Å². The summed E-state index contributed by atoms with van der Waals surface area (Å²) < 4.78 is 0. The highest BCUT2D eigenvalue weighted by molar-refractivity contribution is 5.76. The van der Waals surface area contributed by atoms with E-state index >= 15 is 0 Å². The number of urea groups is 1. The molecule has 2 aliphatic rings. The van der Waals surface area contributed by atoms with Crippen molar-refractivity contribution >= 4 is 6.03 Å². The van der Waals surface area contributed by atoms with Crippen LogP contribution in [0.2, 0.25) is 0 Å². The number of rotatable bonds is 4. The van der Waals surface area contributed by atoms with Crippen LogP contribution in [-0.4, -0.2) is 53.7 Å². The van der Waals surface area contributed by atoms with Crippen LogP contribution < -0.4 is 0 Å². The van der Waals surface area contributed by atoms with Crippen LogP contribution in [0.4, 0.5) is 4.79 Å². The number of likely N-dealkylation sites (N-methyl/N-ethyl adjacent to an activating group) is 1. The number of aliphatic hydroxyl groups excluding tert-OH is 1. The van der Waals surface area contributed by atoms with E-state index in [9.17, 15) is 4.79 Å². The van der Waals surface area contributed by atoms with Crippen molar-refractivity contribution in [3.8, 4) is 0 Å². The third-order valence-electron chi connectivity index (χ3n) is 4.26. The van der Waals surface area contributed by atoms with Gasteiger partial charge in [-0.2, -0.15) is 0 Å². The molecule has 1 saturated carbocycles. The summed E-state index contributed by atoms with van der Waals surface area (Å²) in [5, 5.41) is 8.84. The highest BCUT2D eigenvalue weighted by Gasteiger charge is 2.38. The van der Waals surface area contributed by atoms with Gasteiger partial charge >= 0.3 is 6.03 Å². The molecule has 0 aromatic carbocycles. The Morgan fingerprint density at radius 2 is 2.00 bits per heavy atom. The Bertz CT molecular complexity index is 260. The smallest absolute Gasteiger partial charge is 0.320 e. The maximum atomic E-state index is 12.0. The van der Waals surface area contributed by atoms with Crippen LogP contribution in [0.15, 0.2) is 0 Å². The summed E-state index contributed by atoms with van der Waals surface area (Å²) in [5.41, 5.74) is 0. The number of carbonyl (C=O) groups excluding carboxylic acids is 1. The van der Waals surface area contributed by atoms with E-state index in [1.807, 2.05) is 16.8 Å². The van der Waals surface area contributed by atoms with E-state index in [0.29, 0.717) is 24.9 Å². The van der Waals surface area contributed by atoms with E-state index in [2.05, 4.69) is 0 Å². The van der Waals surface area contributed by atoms with Gasteiger partial charge in [0.05, 0.1) is 6.04 Å². The van der Waals surface area contributed by atoms with Crippen molar-refractivity contribution < 1.29 is 9.90 Å². The van der Waals surface area contributed by atoms with E-state index in [0.717, 1.165) is 6.54 Å². The molecule has 17 heavy (non-hydrogen) atoms. The summed E-state index contributed by atoms with van der Waals surface area (Å²) >= 11 is 0. The van der Waals surface area contributed by atoms with E-state index in [4.69, 9.17) is 5.11 Å². The van der Waals surface area contributed by atoms with E-state index < -0.39 is 0 Å². The van der Waals surface area contributed by atoms with Crippen LogP contribution in [0.25, 0.3) is 0 Å². The normalized spacial score (nSPS) is 26.9. The summed E-state index contributed by atoms with van der Waals surface area (Å²) in [4.78, 5) is 15.9. The summed E-state index contributed by atoms with van der Waals surface area (Å²) in [6.07, 6.45) is 7.23. The monoisotopic (exact) mass is 240 g/mol. The summed E-state index contributed by atoms with van der Waals surface area (Å²) in [5.74, 6) is 0.692. The second-order valence-electron chi connectivity index (χ2n) is 5.38. The zero-order chi connectivity index (χ0) is 12.3. The van der Waals surface area contributed by atoms with Gasteiger partial charge in [0.25, 0.3) is 0 Å². The highest BCUT2D eigenvalue weighted by Crippen LogP contribution is 2.32. The van der Waals surface area contributed by atoms with Crippen molar-refractivity contribution in [1.29, 1.82) is 0 Å².